The van der Waals surface area contributed by atoms with Gasteiger partial charge in [0, 0.05) is 0 Å². The lowest BCUT2D eigenvalue weighted by Crippen LogP contribution is -2.67. The van der Waals surface area contributed by atoms with Gasteiger partial charge in [-0.25, -0.2) is 0 Å². The van der Waals surface area contributed by atoms with E-state index >= 15 is 0 Å². The summed E-state index contributed by atoms with van der Waals surface area (Å²) in [4.78, 5) is 0. The largest absolute Gasteiger partial charge is 0.394 e. The van der Waals surface area contributed by atoms with Crippen LogP contribution < -0.4 is 0 Å². The zero-order valence-electron chi connectivity index (χ0n) is 33.3. The molecule has 8 N–H and O–H groups in total. The average Bonchev–Trinajstić information content (AvgIpc) is 3.52. The Morgan fingerprint density at radius 2 is 1.26 bits per heavy atom. The van der Waals surface area contributed by atoms with Crippen LogP contribution in [-0.4, -0.2) is 128 Å². The minimum Gasteiger partial charge on any atom is -0.394 e. The van der Waals surface area contributed by atoms with Gasteiger partial charge in [-0.1, -0.05) is 46.8 Å². The van der Waals surface area contributed by atoms with E-state index in [4.69, 9.17) is 18.9 Å². The van der Waals surface area contributed by atoms with Crippen LogP contribution in [0.3, 0.4) is 0 Å². The number of rotatable bonds is 8. The summed E-state index contributed by atoms with van der Waals surface area (Å²) in [6.45, 7) is 18.3. The molecule has 0 spiro atoms. The number of fused-ring (bicyclic) bond motifs is 7. The van der Waals surface area contributed by atoms with Crippen molar-refractivity contribution in [2.75, 3.05) is 19.8 Å². The molecule has 7 fully saturated rings. The second-order valence-electron chi connectivity index (χ2n) is 20.2. The van der Waals surface area contributed by atoms with Gasteiger partial charge in [0.05, 0.1) is 25.9 Å². The van der Waals surface area contributed by atoms with Crippen molar-refractivity contribution in [3.05, 3.63) is 12.2 Å². The van der Waals surface area contributed by atoms with Gasteiger partial charge in [0.2, 0.25) is 0 Å². The second kappa shape index (κ2) is 14.5. The van der Waals surface area contributed by atoms with Gasteiger partial charge in [-0.15, -0.1) is 0 Å². The van der Waals surface area contributed by atoms with Crippen LogP contribution in [0.1, 0.15) is 106 Å². The van der Waals surface area contributed by atoms with Gasteiger partial charge in [-0.05, 0) is 128 Å². The molecule has 54 heavy (non-hydrogen) atoms. The summed E-state index contributed by atoms with van der Waals surface area (Å²) in [5, 5.41) is 82.8. The zero-order chi connectivity index (χ0) is 39.3. The van der Waals surface area contributed by atoms with E-state index < -0.39 is 74.6 Å². The van der Waals surface area contributed by atoms with Gasteiger partial charge in [0.25, 0.3) is 0 Å². The van der Waals surface area contributed by atoms with Crippen LogP contribution in [0.4, 0.5) is 0 Å². The highest BCUT2D eigenvalue weighted by Gasteiger charge is 2.71. The molecule has 7 aliphatic rings. The molecule has 2 aliphatic heterocycles. The number of aliphatic hydroxyl groups is 8. The quantitative estimate of drug-likeness (QED) is 0.133. The first-order chi connectivity index (χ1) is 25.3. The van der Waals surface area contributed by atoms with Gasteiger partial charge < -0.3 is 59.8 Å². The Bertz CT molecular complexity index is 1370. The predicted molar refractivity (Wildman–Crippen MR) is 197 cm³/mol. The van der Waals surface area contributed by atoms with Crippen molar-refractivity contribution < 1.29 is 59.8 Å². The van der Waals surface area contributed by atoms with Crippen molar-refractivity contribution in [2.24, 2.45) is 56.7 Å². The van der Waals surface area contributed by atoms with Gasteiger partial charge in [-0.2, -0.15) is 0 Å². The van der Waals surface area contributed by atoms with E-state index in [1.54, 1.807) is 0 Å². The maximum absolute atomic E-state index is 10.8. The lowest BCUT2D eigenvalue weighted by Gasteiger charge is -2.73. The summed E-state index contributed by atoms with van der Waals surface area (Å²) in [6, 6.07) is 0. The molecule has 0 aromatic carbocycles. The number of aliphatic hydroxyl groups excluding tert-OH is 8. The van der Waals surface area contributed by atoms with E-state index in [1.807, 2.05) is 0 Å². The third kappa shape index (κ3) is 6.05. The molecule has 12 heteroatoms. The predicted octanol–water partition coefficient (Wildman–Crippen LogP) is 2.65. The van der Waals surface area contributed by atoms with Crippen LogP contribution in [-0.2, 0) is 18.9 Å². The molecule has 0 aromatic heterocycles. The Kier molecular flexibility index (Phi) is 11.1. The maximum Gasteiger partial charge on any atom is 0.186 e. The van der Waals surface area contributed by atoms with Crippen LogP contribution in [0, 0.1) is 56.7 Å². The van der Waals surface area contributed by atoms with Crippen LogP contribution in [0.25, 0.3) is 0 Å². The third-order valence-corrected chi connectivity index (χ3v) is 17.7. The monoisotopic (exact) mass is 766 g/mol. The highest BCUT2D eigenvalue weighted by atomic mass is 16.7. The molecule has 7 rings (SSSR count). The topological polar surface area (TPSA) is 199 Å². The highest BCUT2D eigenvalue weighted by Crippen LogP contribution is 2.77. The molecule has 0 aromatic rings. The van der Waals surface area contributed by atoms with Crippen LogP contribution in [0.5, 0.6) is 0 Å². The fourth-order valence-electron chi connectivity index (χ4n) is 14.5. The van der Waals surface area contributed by atoms with Crippen LogP contribution in [0.2, 0.25) is 0 Å². The molecule has 14 unspecified atom stereocenters. The third-order valence-electron chi connectivity index (χ3n) is 17.7. The summed E-state index contributed by atoms with van der Waals surface area (Å²) >= 11 is 0. The number of allylic oxidation sites excluding steroid dienone is 1. The molecule has 12 nitrogen and oxygen atoms in total. The molecule has 5 aliphatic carbocycles. The number of hydrogen-bond acceptors (Lipinski definition) is 12. The lowest BCUT2D eigenvalue weighted by atomic mass is 9.32. The molecule has 20 atom stereocenters. The number of hydrogen-bond donors (Lipinski definition) is 8. The summed E-state index contributed by atoms with van der Waals surface area (Å²) in [5.41, 5.74) is 1.04. The van der Waals surface area contributed by atoms with Crippen LogP contribution >= 0.6 is 0 Å². The highest BCUT2D eigenvalue weighted by molar-refractivity contribution is 5.22. The van der Waals surface area contributed by atoms with Crippen molar-refractivity contribution >= 4 is 0 Å². The first-order valence-corrected chi connectivity index (χ1v) is 20.8. The molecule has 310 valence electrons. The Morgan fingerprint density at radius 1 is 0.648 bits per heavy atom. The fraction of sp³-hybridized carbons (Fsp3) is 0.952. The molecule has 2 saturated heterocycles. The van der Waals surface area contributed by atoms with Crippen molar-refractivity contribution in [2.45, 2.75) is 173 Å². The summed E-state index contributed by atoms with van der Waals surface area (Å²) in [5.74, 6) is 2.01. The van der Waals surface area contributed by atoms with Gasteiger partial charge in [0.1, 0.15) is 48.8 Å². The normalized spacial score (nSPS) is 55.6. The fourth-order valence-corrected chi connectivity index (χ4v) is 14.5. The first-order valence-electron chi connectivity index (χ1n) is 20.8. The first kappa shape index (κ1) is 41.4. The zero-order valence-corrected chi connectivity index (χ0v) is 33.3. The van der Waals surface area contributed by atoms with E-state index in [-0.39, 0.29) is 33.2 Å². The van der Waals surface area contributed by atoms with E-state index in [0.29, 0.717) is 36.2 Å². The van der Waals surface area contributed by atoms with E-state index in [9.17, 15) is 40.9 Å². The molecule has 0 bridgehead atoms. The van der Waals surface area contributed by atoms with Crippen molar-refractivity contribution in [1.29, 1.82) is 0 Å². The Balaban J connectivity index is 1.11. The van der Waals surface area contributed by atoms with Gasteiger partial charge in [-0.3, -0.25) is 0 Å². The summed E-state index contributed by atoms with van der Waals surface area (Å²) in [7, 11) is 0. The average molecular weight is 767 g/mol. The molecular formula is C42H70O12. The molecule has 0 amide bonds. The van der Waals surface area contributed by atoms with E-state index in [2.05, 4.69) is 48.1 Å². The molecular weight excluding hydrogens is 696 g/mol. The molecule has 0 radical (unpaired) electrons. The van der Waals surface area contributed by atoms with Crippen molar-refractivity contribution in [3.63, 3.8) is 0 Å². The van der Waals surface area contributed by atoms with Crippen LogP contribution in [0.15, 0.2) is 12.2 Å². The molecule has 2 heterocycles. The molecule has 5 saturated carbocycles. The minimum absolute atomic E-state index is 0.0594. The Morgan fingerprint density at radius 3 is 1.87 bits per heavy atom. The van der Waals surface area contributed by atoms with E-state index in [0.717, 1.165) is 64.2 Å². The smallest absolute Gasteiger partial charge is 0.186 e. The van der Waals surface area contributed by atoms with E-state index in [1.165, 1.54) is 5.57 Å². The van der Waals surface area contributed by atoms with Crippen molar-refractivity contribution in [3.8, 4) is 0 Å². The summed E-state index contributed by atoms with van der Waals surface area (Å²) < 4.78 is 24.5. The second-order valence-corrected chi connectivity index (χ2v) is 20.2. The van der Waals surface area contributed by atoms with Gasteiger partial charge in [0.15, 0.2) is 12.6 Å². The lowest BCUT2D eigenvalue weighted by molar-refractivity contribution is -0.332. The minimum atomic E-state index is -1.47. The number of ether oxygens (including phenoxy) is 4. The maximum atomic E-state index is 10.8. The standard InChI is InChI=1S/C42H70O12/c1-21(2)22-10-15-42(20-51-36-34(49)32(47)30(45)24(18-43)52-36)17-16-40(6)23(29(22)42)8-9-27-39(5)13-12-28(38(3,4)26(39)11-14-41(27,40)7)54-37-35(50)33(48)31(46)25(19-44)53-37/h22-37,43-50H,1,8-20H2,2-7H3/t22-,23?,24?,25?,26?,27?,28-,29?,30?,31?,32?,33?,34?,35?,36?,37?,39-,40+,41+,42+/m0/s1. The SMILES string of the molecule is C=C(C)[C@@H]1CC[C@]2(COC3OC(CO)C(O)C(O)C3O)CC[C@]3(C)C(CCC4[C@@]5(C)CC[C@H](OC6OC(CO)C(O)C(O)C6O)C(C)(C)C5CC[C@]43C)C12. The Hall–Kier alpha value is -0.740. The Labute approximate surface area is 321 Å². The van der Waals surface area contributed by atoms with Crippen molar-refractivity contribution in [1.82, 2.24) is 0 Å². The summed E-state index contributed by atoms with van der Waals surface area (Å²) in [6.07, 6.45) is -2.95. The van der Waals surface area contributed by atoms with Gasteiger partial charge >= 0.3 is 0 Å².